The van der Waals surface area contributed by atoms with Gasteiger partial charge in [-0.3, -0.25) is 4.79 Å². The molecule has 138 valence electrons. The van der Waals surface area contributed by atoms with Crippen LogP contribution in [0.25, 0.3) is 0 Å². The number of carbonyl (C=O) groups excluding carboxylic acids is 1. The molecule has 1 atom stereocenters. The first-order valence-electron chi connectivity index (χ1n) is 9.15. The Labute approximate surface area is 153 Å². The molecule has 1 unspecified atom stereocenters. The van der Waals surface area contributed by atoms with Gasteiger partial charge in [-0.2, -0.15) is 0 Å². The zero-order valence-corrected chi connectivity index (χ0v) is 15.0. The van der Waals surface area contributed by atoms with Crippen molar-refractivity contribution in [3.63, 3.8) is 0 Å². The van der Waals surface area contributed by atoms with Gasteiger partial charge >= 0.3 is 5.97 Å². The van der Waals surface area contributed by atoms with Gasteiger partial charge in [0.1, 0.15) is 5.78 Å². The Morgan fingerprint density at radius 1 is 1.23 bits per heavy atom. The summed E-state index contributed by atoms with van der Waals surface area (Å²) in [5.41, 5.74) is 0.0569. The van der Waals surface area contributed by atoms with Gasteiger partial charge in [0.05, 0.1) is 18.6 Å². The molecule has 2 aliphatic carbocycles. The fourth-order valence-corrected chi connectivity index (χ4v) is 3.95. The number of Topliss-reactive ketones (excluding diaryl/α,β-unsaturated/α-hetero) is 1. The number of carbonyl (C=O) groups is 2. The van der Waals surface area contributed by atoms with Crippen LogP contribution in [-0.4, -0.2) is 30.1 Å². The molecule has 1 aromatic rings. The molecule has 2 fully saturated rings. The molecule has 2 aliphatic rings. The van der Waals surface area contributed by atoms with Crippen LogP contribution >= 0.6 is 0 Å². The van der Waals surface area contributed by atoms with E-state index in [9.17, 15) is 9.59 Å². The highest BCUT2D eigenvalue weighted by molar-refractivity contribution is 5.88. The Bertz CT molecular complexity index is 751. The maximum absolute atomic E-state index is 12.1. The first-order chi connectivity index (χ1) is 12.5. The van der Waals surface area contributed by atoms with Crippen LogP contribution in [0.4, 0.5) is 0 Å². The largest absolute Gasteiger partial charge is 0.493 e. The van der Waals surface area contributed by atoms with E-state index in [1.807, 2.05) is 18.2 Å². The molecule has 1 N–H and O–H groups in total. The summed E-state index contributed by atoms with van der Waals surface area (Å²) in [6.07, 6.45) is 6.68. The van der Waals surface area contributed by atoms with Gasteiger partial charge in [0, 0.05) is 18.8 Å². The lowest BCUT2D eigenvalue weighted by atomic mass is 9.69. The number of methoxy groups -OCH3 is 1. The highest BCUT2D eigenvalue weighted by Gasteiger charge is 2.37. The van der Waals surface area contributed by atoms with E-state index in [-0.39, 0.29) is 18.3 Å². The van der Waals surface area contributed by atoms with E-state index in [0.29, 0.717) is 30.8 Å². The average molecular weight is 356 g/mol. The highest BCUT2D eigenvalue weighted by atomic mass is 16.5. The summed E-state index contributed by atoms with van der Waals surface area (Å²) in [5, 5.41) is 8.99. The van der Waals surface area contributed by atoms with Crippen LogP contribution in [0.5, 0.6) is 11.5 Å². The lowest BCUT2D eigenvalue weighted by molar-refractivity contribution is -0.130. The number of aliphatic carboxylic acids is 1. The highest BCUT2D eigenvalue weighted by Crippen LogP contribution is 2.41. The quantitative estimate of drug-likeness (QED) is 0.836. The molecule has 3 rings (SSSR count). The summed E-state index contributed by atoms with van der Waals surface area (Å²) >= 11 is 0. The standard InChI is InChI=1S/C21H24O5/c1-25-18-9-8-15(13-19(18)26-17-6-2-3-7-17)21(12-10-20(23)24)11-4-5-16(22)14-21/h8-9,13,17H,2-7,11,14H2,1H3,(H,23,24). The Hall–Kier alpha value is -2.48. The van der Waals surface area contributed by atoms with Crippen molar-refractivity contribution in [3.05, 3.63) is 23.8 Å². The van der Waals surface area contributed by atoms with Crippen molar-refractivity contribution in [1.29, 1.82) is 0 Å². The van der Waals surface area contributed by atoms with Crippen LogP contribution in [0, 0.1) is 11.8 Å². The number of ketones is 1. The van der Waals surface area contributed by atoms with Crippen LogP contribution in [-0.2, 0) is 15.0 Å². The molecule has 2 saturated carbocycles. The van der Waals surface area contributed by atoms with Gasteiger partial charge in [-0.15, -0.1) is 0 Å². The molecule has 0 heterocycles. The van der Waals surface area contributed by atoms with E-state index in [0.717, 1.165) is 31.2 Å². The number of hydrogen-bond donors (Lipinski definition) is 1. The molecule has 0 aromatic heterocycles. The fraction of sp³-hybridized carbons (Fsp3) is 0.524. The molecule has 0 amide bonds. The maximum atomic E-state index is 12.1. The molecule has 1 aromatic carbocycles. The first-order valence-corrected chi connectivity index (χ1v) is 9.15. The monoisotopic (exact) mass is 356 g/mol. The number of carboxylic acid groups (broad SMARTS) is 1. The minimum absolute atomic E-state index is 0.116. The third kappa shape index (κ3) is 4.01. The smallest absolute Gasteiger partial charge is 0.381 e. The summed E-state index contributed by atoms with van der Waals surface area (Å²) in [4.78, 5) is 23.1. The second kappa shape index (κ2) is 7.82. The molecule has 5 heteroatoms. The van der Waals surface area contributed by atoms with Gasteiger partial charge in [-0.1, -0.05) is 12.0 Å². The molecule has 0 bridgehead atoms. The topological polar surface area (TPSA) is 72.8 Å². The van der Waals surface area contributed by atoms with E-state index >= 15 is 0 Å². The van der Waals surface area contributed by atoms with E-state index in [1.54, 1.807) is 7.11 Å². The number of carboxylic acids is 1. The molecule has 0 spiro atoms. The number of benzene rings is 1. The average Bonchev–Trinajstić information content (AvgIpc) is 3.13. The van der Waals surface area contributed by atoms with Crippen molar-refractivity contribution in [3.8, 4) is 23.3 Å². The van der Waals surface area contributed by atoms with Crippen LogP contribution in [0.1, 0.15) is 56.9 Å². The van der Waals surface area contributed by atoms with Crippen LogP contribution in [0.2, 0.25) is 0 Å². The van der Waals surface area contributed by atoms with Gasteiger partial charge in [0.2, 0.25) is 0 Å². The molecular formula is C21H24O5. The third-order valence-electron chi connectivity index (χ3n) is 5.28. The Kier molecular flexibility index (Phi) is 5.51. The van der Waals surface area contributed by atoms with Crippen molar-refractivity contribution in [2.45, 2.75) is 62.9 Å². The zero-order chi connectivity index (χ0) is 18.6. The first kappa shape index (κ1) is 18.3. The molecule has 0 radical (unpaired) electrons. The van der Waals surface area contributed by atoms with Crippen LogP contribution in [0.3, 0.4) is 0 Å². The predicted octanol–water partition coefficient (Wildman–Crippen LogP) is 3.49. The lowest BCUT2D eigenvalue weighted by Gasteiger charge is -2.32. The van der Waals surface area contributed by atoms with Crippen molar-refractivity contribution in [2.24, 2.45) is 0 Å². The third-order valence-corrected chi connectivity index (χ3v) is 5.28. The summed E-state index contributed by atoms with van der Waals surface area (Å²) in [6, 6.07) is 5.57. The van der Waals surface area contributed by atoms with Crippen molar-refractivity contribution >= 4 is 11.8 Å². The summed E-state index contributed by atoms with van der Waals surface area (Å²) in [7, 11) is 1.60. The fourth-order valence-electron chi connectivity index (χ4n) is 3.95. The molecule has 0 aliphatic heterocycles. The Balaban J connectivity index is 1.99. The van der Waals surface area contributed by atoms with Gasteiger partial charge in [-0.05, 0) is 56.2 Å². The zero-order valence-electron chi connectivity index (χ0n) is 15.0. The second-order valence-corrected chi connectivity index (χ2v) is 7.10. The normalized spacial score (nSPS) is 23.2. The van der Waals surface area contributed by atoms with Crippen molar-refractivity contribution in [1.82, 2.24) is 0 Å². The van der Waals surface area contributed by atoms with Gasteiger partial charge in [0.25, 0.3) is 0 Å². The van der Waals surface area contributed by atoms with Crippen molar-refractivity contribution < 1.29 is 24.2 Å². The number of hydrogen-bond acceptors (Lipinski definition) is 4. The number of rotatable bonds is 4. The molecule has 0 saturated heterocycles. The molecular weight excluding hydrogens is 332 g/mol. The predicted molar refractivity (Wildman–Crippen MR) is 96.4 cm³/mol. The van der Waals surface area contributed by atoms with Gasteiger partial charge in [0.15, 0.2) is 11.5 Å². The van der Waals surface area contributed by atoms with E-state index in [2.05, 4.69) is 11.8 Å². The van der Waals surface area contributed by atoms with Crippen molar-refractivity contribution in [2.75, 3.05) is 7.11 Å². The van der Waals surface area contributed by atoms with Crippen LogP contribution < -0.4 is 9.47 Å². The summed E-state index contributed by atoms with van der Waals surface area (Å²) in [5.74, 6) is 5.33. The van der Waals surface area contributed by atoms with E-state index in [4.69, 9.17) is 14.6 Å². The van der Waals surface area contributed by atoms with E-state index in [1.165, 1.54) is 0 Å². The van der Waals surface area contributed by atoms with Crippen LogP contribution in [0.15, 0.2) is 18.2 Å². The second-order valence-electron chi connectivity index (χ2n) is 7.10. The minimum atomic E-state index is -1.18. The molecule has 26 heavy (non-hydrogen) atoms. The Morgan fingerprint density at radius 2 is 2.00 bits per heavy atom. The summed E-state index contributed by atoms with van der Waals surface area (Å²) < 4.78 is 11.6. The van der Waals surface area contributed by atoms with E-state index < -0.39 is 11.4 Å². The number of ether oxygens (including phenoxy) is 2. The summed E-state index contributed by atoms with van der Waals surface area (Å²) in [6.45, 7) is 0. The van der Waals surface area contributed by atoms with Gasteiger partial charge < -0.3 is 14.6 Å². The van der Waals surface area contributed by atoms with Gasteiger partial charge in [-0.25, -0.2) is 4.79 Å². The lowest BCUT2D eigenvalue weighted by Crippen LogP contribution is -2.32. The Morgan fingerprint density at radius 3 is 2.65 bits per heavy atom. The maximum Gasteiger partial charge on any atom is 0.381 e. The SMILES string of the molecule is COc1ccc(C2(C#CC(=O)O)CCCC(=O)C2)cc1OC1CCCC1. The molecule has 5 nitrogen and oxygen atoms in total. The minimum Gasteiger partial charge on any atom is -0.493 e.